The first kappa shape index (κ1) is 30.5. The number of aliphatic hydroxyl groups excluding tert-OH is 1. The number of carbonyl (C=O) groups excluding carboxylic acids is 2. The molecule has 0 saturated heterocycles. The highest BCUT2D eigenvalue weighted by Crippen LogP contribution is 2.67. The number of benzene rings is 1. The minimum absolute atomic E-state index is 0.000938. The molecule has 0 heterocycles. The standard InChI is InChI=1S/C37H54O4/c1-8-25(22(2)3)20-31(38)23(4)28-14-15-29-27-21-32(39)34-24(5)33(41-35(40)26-12-10-9-11-13-26)17-19-37(34,7)30(27)16-18-36(28,29)6/h9-13,21-25,28-31,33-34,38H,8,14-20H2,1-7H3/t23-,24+,25-,28+,29-,30-,31+,33?,34+,36?,37?/m0/s1. The van der Waals surface area contributed by atoms with Crippen molar-refractivity contribution in [1.82, 2.24) is 0 Å². The first-order valence-electron chi connectivity index (χ1n) is 16.6. The Labute approximate surface area is 248 Å². The zero-order valence-corrected chi connectivity index (χ0v) is 26.6. The number of esters is 1. The zero-order valence-electron chi connectivity index (χ0n) is 26.6. The van der Waals surface area contributed by atoms with Gasteiger partial charge in [0.2, 0.25) is 0 Å². The lowest BCUT2D eigenvalue weighted by atomic mass is 9.46. The van der Waals surface area contributed by atoms with Crippen LogP contribution in [0.15, 0.2) is 42.0 Å². The van der Waals surface area contributed by atoms with E-state index in [-0.39, 0.29) is 52.5 Å². The van der Waals surface area contributed by atoms with E-state index in [0.717, 1.165) is 44.9 Å². The van der Waals surface area contributed by atoms with E-state index in [9.17, 15) is 14.7 Å². The van der Waals surface area contributed by atoms with Crippen LogP contribution >= 0.6 is 0 Å². The molecule has 0 bridgehead atoms. The Hall–Kier alpha value is -1.94. The Morgan fingerprint density at radius 2 is 1.66 bits per heavy atom. The fourth-order valence-corrected chi connectivity index (χ4v) is 10.4. The van der Waals surface area contributed by atoms with Crippen LogP contribution in [0.2, 0.25) is 0 Å². The first-order valence-corrected chi connectivity index (χ1v) is 16.6. The van der Waals surface area contributed by atoms with Crippen LogP contribution in [0.1, 0.15) is 110 Å². The third kappa shape index (κ3) is 5.25. The zero-order chi connectivity index (χ0) is 29.7. The summed E-state index contributed by atoms with van der Waals surface area (Å²) in [6.07, 6.45) is 9.84. The number of rotatable bonds is 8. The molecule has 0 amide bonds. The molecule has 3 saturated carbocycles. The summed E-state index contributed by atoms with van der Waals surface area (Å²) in [5.41, 5.74) is 2.03. The van der Waals surface area contributed by atoms with Gasteiger partial charge in [-0.15, -0.1) is 0 Å². The van der Waals surface area contributed by atoms with E-state index in [1.165, 1.54) is 12.0 Å². The lowest BCUT2D eigenvalue weighted by molar-refractivity contribution is -0.140. The molecule has 4 aliphatic carbocycles. The highest BCUT2D eigenvalue weighted by Gasteiger charge is 2.61. The summed E-state index contributed by atoms with van der Waals surface area (Å²) in [5.74, 6) is 2.61. The molecule has 4 aliphatic rings. The molecule has 1 N–H and O–H groups in total. The Morgan fingerprint density at radius 1 is 1.00 bits per heavy atom. The van der Waals surface area contributed by atoms with E-state index in [1.54, 1.807) is 12.1 Å². The molecule has 226 valence electrons. The molecule has 1 aromatic rings. The Morgan fingerprint density at radius 3 is 2.32 bits per heavy atom. The monoisotopic (exact) mass is 562 g/mol. The van der Waals surface area contributed by atoms with Gasteiger partial charge in [0, 0.05) is 11.8 Å². The molecule has 0 radical (unpaired) electrons. The molecular formula is C37H54O4. The average Bonchev–Trinajstić information content (AvgIpc) is 3.30. The molecule has 0 aromatic heterocycles. The van der Waals surface area contributed by atoms with Crippen molar-refractivity contribution in [2.75, 3.05) is 0 Å². The van der Waals surface area contributed by atoms with Crippen LogP contribution in [0.5, 0.6) is 0 Å². The van der Waals surface area contributed by atoms with Gasteiger partial charge in [0.25, 0.3) is 0 Å². The van der Waals surface area contributed by atoms with Crippen molar-refractivity contribution in [2.24, 2.45) is 58.2 Å². The number of aliphatic hydroxyl groups is 1. The van der Waals surface area contributed by atoms with E-state index in [2.05, 4.69) is 48.5 Å². The predicted molar refractivity (Wildman–Crippen MR) is 164 cm³/mol. The summed E-state index contributed by atoms with van der Waals surface area (Å²) in [7, 11) is 0. The van der Waals surface area contributed by atoms with Crippen LogP contribution in [0, 0.1) is 58.2 Å². The summed E-state index contributed by atoms with van der Waals surface area (Å²) in [5, 5.41) is 11.4. The molecule has 4 heteroatoms. The minimum atomic E-state index is -0.286. The molecule has 1 aromatic carbocycles. The highest BCUT2D eigenvalue weighted by atomic mass is 16.5. The van der Waals surface area contributed by atoms with Crippen LogP contribution in [0.25, 0.3) is 0 Å². The van der Waals surface area contributed by atoms with Crippen LogP contribution in [-0.4, -0.2) is 29.1 Å². The number of fused-ring (bicyclic) bond motifs is 5. The van der Waals surface area contributed by atoms with Crippen molar-refractivity contribution in [2.45, 2.75) is 112 Å². The van der Waals surface area contributed by atoms with Gasteiger partial charge in [-0.05, 0) is 109 Å². The fourth-order valence-electron chi connectivity index (χ4n) is 10.4. The molecule has 11 atom stereocenters. The number of hydrogen-bond donors (Lipinski definition) is 1. The van der Waals surface area contributed by atoms with Gasteiger partial charge in [-0.2, -0.15) is 0 Å². The summed E-state index contributed by atoms with van der Waals surface area (Å²) in [6, 6.07) is 9.19. The van der Waals surface area contributed by atoms with E-state index >= 15 is 0 Å². The summed E-state index contributed by atoms with van der Waals surface area (Å²) < 4.78 is 6.03. The number of ether oxygens (including phenoxy) is 1. The van der Waals surface area contributed by atoms with Crippen LogP contribution in [0.4, 0.5) is 0 Å². The first-order chi connectivity index (χ1) is 19.4. The maximum Gasteiger partial charge on any atom is 0.338 e. The van der Waals surface area contributed by atoms with Crippen LogP contribution in [0.3, 0.4) is 0 Å². The quantitative estimate of drug-likeness (QED) is 0.324. The topological polar surface area (TPSA) is 63.6 Å². The molecule has 5 rings (SSSR count). The second kappa shape index (κ2) is 11.6. The normalized spacial score (nSPS) is 38.8. The van der Waals surface area contributed by atoms with Gasteiger partial charge in [-0.1, -0.05) is 78.7 Å². The number of carbonyl (C=O) groups is 2. The van der Waals surface area contributed by atoms with E-state index in [4.69, 9.17) is 4.74 Å². The number of allylic oxidation sites excluding steroid dienone is 2. The highest BCUT2D eigenvalue weighted by molar-refractivity contribution is 5.95. The maximum absolute atomic E-state index is 14.0. The molecule has 0 spiro atoms. The molecule has 41 heavy (non-hydrogen) atoms. The van der Waals surface area contributed by atoms with Crippen LogP contribution < -0.4 is 0 Å². The Bertz CT molecular complexity index is 1140. The lowest BCUT2D eigenvalue weighted by Crippen LogP contribution is -2.56. The SMILES string of the molecule is CC[C@@H](C[C@@H](O)[C@@H](C)[C@H]1CC[C@H]2C3=CC(=O)[C@H]4[C@H](C)C(OC(=O)c5ccccc5)CCC4(C)[C@H]3CCC12C)C(C)C. The van der Waals surface area contributed by atoms with Gasteiger partial charge < -0.3 is 9.84 Å². The maximum atomic E-state index is 14.0. The van der Waals surface area contributed by atoms with Crippen molar-refractivity contribution in [3.63, 3.8) is 0 Å². The van der Waals surface area contributed by atoms with Gasteiger partial charge in [-0.3, -0.25) is 4.79 Å². The predicted octanol–water partition coefficient (Wildman–Crippen LogP) is 8.29. The average molecular weight is 563 g/mol. The van der Waals surface area contributed by atoms with Crippen molar-refractivity contribution in [1.29, 1.82) is 0 Å². The number of hydrogen-bond acceptors (Lipinski definition) is 4. The van der Waals surface area contributed by atoms with Crippen molar-refractivity contribution < 1.29 is 19.4 Å². The second-order valence-electron chi connectivity index (χ2n) is 15.1. The van der Waals surface area contributed by atoms with Gasteiger partial charge in [-0.25, -0.2) is 4.79 Å². The molecule has 3 fully saturated rings. The van der Waals surface area contributed by atoms with Gasteiger partial charge in [0.15, 0.2) is 5.78 Å². The number of ketones is 1. The smallest absolute Gasteiger partial charge is 0.338 e. The summed E-state index contributed by atoms with van der Waals surface area (Å²) in [4.78, 5) is 26.9. The second-order valence-corrected chi connectivity index (χ2v) is 15.1. The van der Waals surface area contributed by atoms with E-state index < -0.39 is 0 Å². The minimum Gasteiger partial charge on any atom is -0.458 e. The molecule has 4 nitrogen and oxygen atoms in total. The summed E-state index contributed by atoms with van der Waals surface area (Å²) >= 11 is 0. The fraction of sp³-hybridized carbons (Fsp3) is 0.730. The van der Waals surface area contributed by atoms with Crippen molar-refractivity contribution >= 4 is 11.8 Å². The Balaban J connectivity index is 1.34. The van der Waals surface area contributed by atoms with Crippen molar-refractivity contribution in [3.05, 3.63) is 47.5 Å². The van der Waals surface area contributed by atoms with Gasteiger partial charge >= 0.3 is 5.97 Å². The third-order valence-corrected chi connectivity index (χ3v) is 12.9. The van der Waals surface area contributed by atoms with Gasteiger partial charge in [0.1, 0.15) is 6.10 Å². The molecule has 3 unspecified atom stereocenters. The van der Waals surface area contributed by atoms with E-state index in [0.29, 0.717) is 35.2 Å². The third-order valence-electron chi connectivity index (χ3n) is 12.9. The van der Waals surface area contributed by atoms with Crippen LogP contribution in [-0.2, 0) is 9.53 Å². The van der Waals surface area contributed by atoms with E-state index in [1.807, 2.05) is 24.3 Å². The molecule has 0 aliphatic heterocycles. The lowest BCUT2D eigenvalue weighted by Gasteiger charge is -2.58. The summed E-state index contributed by atoms with van der Waals surface area (Å²) in [6.45, 7) is 16.1. The van der Waals surface area contributed by atoms with Gasteiger partial charge in [0.05, 0.1) is 11.7 Å². The van der Waals surface area contributed by atoms with Crippen molar-refractivity contribution in [3.8, 4) is 0 Å². The largest absolute Gasteiger partial charge is 0.458 e. The Kier molecular flexibility index (Phi) is 8.65. The molecular weight excluding hydrogens is 508 g/mol.